The van der Waals surface area contributed by atoms with Crippen molar-refractivity contribution in [2.75, 3.05) is 7.11 Å². The van der Waals surface area contributed by atoms with Crippen molar-refractivity contribution in [3.63, 3.8) is 0 Å². The molecule has 1 heterocycles. The summed E-state index contributed by atoms with van der Waals surface area (Å²) in [6, 6.07) is 21.2. The van der Waals surface area contributed by atoms with Crippen LogP contribution in [0, 0.1) is 6.92 Å². The Hall–Kier alpha value is -4.06. The number of Topliss-reactive ketones (excluding diaryl/α,β-unsaturated/α-hetero) is 1. The third-order valence-corrected chi connectivity index (χ3v) is 5.89. The first-order chi connectivity index (χ1) is 16.8. The third-order valence-electron chi connectivity index (χ3n) is 5.89. The van der Waals surface area contributed by atoms with Crippen molar-refractivity contribution in [1.82, 2.24) is 4.90 Å². The number of hydrogen-bond donors (Lipinski definition) is 1. The first-order valence-electron chi connectivity index (χ1n) is 11.5. The fourth-order valence-corrected chi connectivity index (χ4v) is 4.30. The third kappa shape index (κ3) is 5.06. The fraction of sp³-hybridized carbons (Fsp3) is 0.241. The molecule has 1 amide bonds. The Bertz CT molecular complexity index is 1280. The molecule has 1 N–H and O–H groups in total. The van der Waals surface area contributed by atoms with E-state index in [0.717, 1.165) is 16.7 Å². The average molecular weight is 472 g/mol. The van der Waals surface area contributed by atoms with Crippen LogP contribution in [0.15, 0.2) is 78.4 Å². The summed E-state index contributed by atoms with van der Waals surface area (Å²) in [5, 5.41) is 11.3. The van der Waals surface area contributed by atoms with Gasteiger partial charge in [0, 0.05) is 12.1 Å². The number of ketones is 1. The number of hydrogen-bond acceptors (Lipinski definition) is 5. The number of carbonyl (C=O) groups is 2. The standard InChI is InChI=1S/C29H29NO5/c1-18(2)35-24-10-6-9-22(16-24)27(31)25-26(21-8-5-7-19(3)15-21)30(29(33)28(25)32)17-20-11-13-23(34-4)14-12-20/h5-16,18,26,31H,17H2,1-4H3/b27-25-. The van der Waals surface area contributed by atoms with Crippen LogP contribution >= 0.6 is 0 Å². The number of rotatable bonds is 7. The Labute approximate surface area is 205 Å². The summed E-state index contributed by atoms with van der Waals surface area (Å²) < 4.78 is 11.0. The number of methoxy groups -OCH3 is 1. The van der Waals surface area contributed by atoms with E-state index in [0.29, 0.717) is 17.1 Å². The molecule has 1 atom stereocenters. The lowest BCUT2D eigenvalue weighted by Crippen LogP contribution is -2.29. The Morgan fingerprint density at radius 1 is 0.971 bits per heavy atom. The van der Waals surface area contributed by atoms with Crippen LogP contribution in [0.25, 0.3) is 5.76 Å². The van der Waals surface area contributed by atoms with E-state index in [1.165, 1.54) is 4.90 Å². The van der Waals surface area contributed by atoms with Crippen LogP contribution in [0.4, 0.5) is 0 Å². The fourth-order valence-electron chi connectivity index (χ4n) is 4.30. The number of benzene rings is 3. The molecule has 1 fully saturated rings. The molecule has 0 saturated carbocycles. The maximum Gasteiger partial charge on any atom is 0.295 e. The summed E-state index contributed by atoms with van der Waals surface area (Å²) in [5.74, 6) is -0.305. The van der Waals surface area contributed by atoms with Gasteiger partial charge in [-0.3, -0.25) is 9.59 Å². The van der Waals surface area contributed by atoms with E-state index >= 15 is 0 Å². The predicted molar refractivity (Wildman–Crippen MR) is 134 cm³/mol. The van der Waals surface area contributed by atoms with Crippen LogP contribution in [0.1, 0.15) is 42.1 Å². The molecule has 4 rings (SSSR count). The smallest absolute Gasteiger partial charge is 0.295 e. The van der Waals surface area contributed by atoms with Crippen molar-refractivity contribution in [3.05, 3.63) is 101 Å². The number of carbonyl (C=O) groups excluding carboxylic acids is 2. The van der Waals surface area contributed by atoms with Crippen molar-refractivity contribution in [3.8, 4) is 11.5 Å². The van der Waals surface area contributed by atoms with Crippen LogP contribution in [0.5, 0.6) is 11.5 Å². The van der Waals surface area contributed by atoms with E-state index in [-0.39, 0.29) is 24.0 Å². The number of likely N-dealkylation sites (tertiary alicyclic amines) is 1. The first-order valence-corrected chi connectivity index (χ1v) is 11.5. The van der Waals surface area contributed by atoms with Gasteiger partial charge in [-0.25, -0.2) is 0 Å². The van der Waals surface area contributed by atoms with Gasteiger partial charge in [0.25, 0.3) is 11.7 Å². The van der Waals surface area contributed by atoms with E-state index in [4.69, 9.17) is 9.47 Å². The second-order valence-electron chi connectivity index (χ2n) is 8.88. The SMILES string of the molecule is COc1ccc(CN2C(=O)C(=O)/C(=C(\O)c3cccc(OC(C)C)c3)C2c2cccc(C)c2)cc1. The van der Waals surface area contributed by atoms with Crippen LogP contribution in [0.3, 0.4) is 0 Å². The predicted octanol–water partition coefficient (Wildman–Crippen LogP) is 5.41. The number of aryl methyl sites for hydroxylation is 1. The second-order valence-corrected chi connectivity index (χ2v) is 8.88. The highest BCUT2D eigenvalue weighted by Crippen LogP contribution is 2.41. The minimum atomic E-state index is -0.730. The van der Waals surface area contributed by atoms with Crippen molar-refractivity contribution in [1.29, 1.82) is 0 Å². The quantitative estimate of drug-likeness (QED) is 0.283. The van der Waals surface area contributed by atoms with Crippen molar-refractivity contribution in [2.45, 2.75) is 39.5 Å². The molecule has 1 unspecified atom stereocenters. The lowest BCUT2D eigenvalue weighted by molar-refractivity contribution is -0.140. The minimum absolute atomic E-state index is 0.0465. The van der Waals surface area contributed by atoms with Crippen molar-refractivity contribution in [2.24, 2.45) is 0 Å². The molecule has 3 aromatic rings. The van der Waals surface area contributed by atoms with Crippen molar-refractivity contribution < 1.29 is 24.2 Å². The summed E-state index contributed by atoms with van der Waals surface area (Å²) in [6.07, 6.45) is -0.0465. The Morgan fingerprint density at radius 2 is 1.69 bits per heavy atom. The van der Waals surface area contributed by atoms with Gasteiger partial charge in [0.05, 0.1) is 24.8 Å². The highest BCUT2D eigenvalue weighted by molar-refractivity contribution is 6.46. The monoisotopic (exact) mass is 471 g/mol. The van der Waals surface area contributed by atoms with E-state index in [1.807, 2.05) is 69.3 Å². The lowest BCUT2D eigenvalue weighted by Gasteiger charge is -2.26. The molecule has 1 aliphatic heterocycles. The molecule has 35 heavy (non-hydrogen) atoms. The van der Waals surface area contributed by atoms with Gasteiger partial charge in [-0.2, -0.15) is 0 Å². The summed E-state index contributed by atoms with van der Waals surface area (Å²) in [5.41, 5.74) is 3.08. The number of amides is 1. The molecule has 0 spiro atoms. The molecule has 0 radical (unpaired) electrons. The van der Waals surface area contributed by atoms with Crippen molar-refractivity contribution >= 4 is 17.4 Å². The zero-order valence-electron chi connectivity index (χ0n) is 20.3. The normalized spacial score (nSPS) is 17.2. The van der Waals surface area contributed by atoms with Gasteiger partial charge < -0.3 is 19.5 Å². The number of nitrogens with zero attached hydrogens (tertiary/aromatic N) is 1. The van der Waals surface area contributed by atoms with E-state index < -0.39 is 17.7 Å². The lowest BCUT2D eigenvalue weighted by atomic mass is 9.94. The molecule has 1 aliphatic rings. The van der Waals surface area contributed by atoms with Crippen LogP contribution < -0.4 is 9.47 Å². The molecular formula is C29H29NO5. The highest BCUT2D eigenvalue weighted by atomic mass is 16.5. The zero-order chi connectivity index (χ0) is 25.1. The number of aliphatic hydroxyl groups excluding tert-OH is 1. The topological polar surface area (TPSA) is 76.1 Å². The average Bonchev–Trinajstić information content (AvgIpc) is 3.09. The Balaban J connectivity index is 1.82. The summed E-state index contributed by atoms with van der Waals surface area (Å²) in [4.78, 5) is 28.0. The maximum absolute atomic E-state index is 13.3. The van der Waals surface area contributed by atoms with Gasteiger partial charge >= 0.3 is 0 Å². The number of ether oxygens (including phenoxy) is 2. The van der Waals surface area contributed by atoms with E-state index in [1.54, 1.807) is 31.4 Å². The van der Waals surface area contributed by atoms with E-state index in [9.17, 15) is 14.7 Å². The van der Waals surface area contributed by atoms with Gasteiger partial charge in [-0.1, -0.05) is 54.1 Å². The van der Waals surface area contributed by atoms with Gasteiger partial charge in [-0.05, 0) is 56.2 Å². The molecule has 1 saturated heterocycles. The summed E-state index contributed by atoms with van der Waals surface area (Å²) >= 11 is 0. The second kappa shape index (κ2) is 10.1. The molecule has 0 aliphatic carbocycles. The van der Waals surface area contributed by atoms with Gasteiger partial charge in [0.1, 0.15) is 17.3 Å². The molecule has 6 nitrogen and oxygen atoms in total. The molecule has 3 aromatic carbocycles. The highest BCUT2D eigenvalue weighted by Gasteiger charge is 2.46. The molecule has 6 heteroatoms. The Kier molecular flexibility index (Phi) is 6.92. The van der Waals surface area contributed by atoms with Crippen LogP contribution in [-0.4, -0.2) is 34.9 Å². The maximum atomic E-state index is 13.3. The largest absolute Gasteiger partial charge is 0.507 e. The van der Waals surface area contributed by atoms with E-state index in [2.05, 4.69) is 0 Å². The molecular weight excluding hydrogens is 442 g/mol. The Morgan fingerprint density at radius 3 is 2.34 bits per heavy atom. The molecule has 0 bridgehead atoms. The van der Waals surface area contributed by atoms with Crippen LogP contribution in [0.2, 0.25) is 0 Å². The molecule has 0 aromatic heterocycles. The van der Waals surface area contributed by atoms with Gasteiger partial charge in [0.15, 0.2) is 0 Å². The van der Waals surface area contributed by atoms with Gasteiger partial charge in [0.2, 0.25) is 0 Å². The van der Waals surface area contributed by atoms with Gasteiger partial charge in [-0.15, -0.1) is 0 Å². The van der Waals surface area contributed by atoms with Crippen LogP contribution in [-0.2, 0) is 16.1 Å². The number of aliphatic hydroxyl groups is 1. The summed E-state index contributed by atoms with van der Waals surface area (Å²) in [6.45, 7) is 5.98. The minimum Gasteiger partial charge on any atom is -0.507 e. The zero-order valence-corrected chi connectivity index (χ0v) is 20.3. The molecule has 180 valence electrons. The first kappa shape index (κ1) is 24.1. The summed E-state index contributed by atoms with van der Waals surface area (Å²) in [7, 11) is 1.59.